The van der Waals surface area contributed by atoms with Gasteiger partial charge in [0.05, 0.1) is 3.57 Å². The van der Waals surface area contributed by atoms with Crippen LogP contribution in [0.2, 0.25) is 0 Å². The molecular formula is C6H2F3IO. The molecule has 0 amide bonds. The van der Waals surface area contributed by atoms with Crippen LogP contribution >= 0.6 is 22.6 Å². The molecule has 0 spiro atoms. The van der Waals surface area contributed by atoms with Gasteiger partial charge >= 0.3 is 0 Å². The fraction of sp³-hybridized carbons (Fsp3) is 0. The Morgan fingerprint density at radius 3 is 2.27 bits per heavy atom. The maximum absolute atomic E-state index is 12.4. The molecule has 0 saturated carbocycles. The van der Waals surface area contributed by atoms with Gasteiger partial charge in [-0.2, -0.15) is 4.39 Å². The number of hydrogen-bond donors (Lipinski definition) is 1. The Bertz CT molecular complexity index is 274. The summed E-state index contributed by atoms with van der Waals surface area (Å²) in [4.78, 5) is 0. The van der Waals surface area contributed by atoms with Crippen molar-refractivity contribution in [2.24, 2.45) is 0 Å². The molecule has 0 aromatic heterocycles. The Labute approximate surface area is 74.0 Å². The lowest BCUT2D eigenvalue weighted by Crippen LogP contribution is -1.92. The van der Waals surface area contributed by atoms with Crippen LogP contribution < -0.4 is 0 Å². The number of hydrogen-bond acceptors (Lipinski definition) is 1. The quantitative estimate of drug-likeness (QED) is 0.437. The van der Waals surface area contributed by atoms with Crippen molar-refractivity contribution in [1.29, 1.82) is 0 Å². The van der Waals surface area contributed by atoms with Crippen LogP contribution in [0.4, 0.5) is 13.2 Å². The highest BCUT2D eigenvalue weighted by Crippen LogP contribution is 2.26. The molecule has 1 rings (SSSR count). The van der Waals surface area contributed by atoms with Gasteiger partial charge in [0.1, 0.15) is 0 Å². The minimum atomic E-state index is -1.65. The third-order valence-corrected chi connectivity index (χ3v) is 1.91. The zero-order valence-corrected chi connectivity index (χ0v) is 7.19. The normalized spacial score (nSPS) is 10.2. The second-order valence-electron chi connectivity index (χ2n) is 1.82. The van der Waals surface area contributed by atoms with Crippen molar-refractivity contribution in [3.05, 3.63) is 27.1 Å². The zero-order chi connectivity index (χ0) is 8.59. The van der Waals surface area contributed by atoms with Gasteiger partial charge in [0.25, 0.3) is 0 Å². The van der Waals surface area contributed by atoms with Crippen molar-refractivity contribution in [3.8, 4) is 5.75 Å². The summed E-state index contributed by atoms with van der Waals surface area (Å²) in [6, 6.07) is 0.717. The molecule has 0 aliphatic rings. The first-order valence-corrected chi connectivity index (χ1v) is 3.64. The molecule has 0 unspecified atom stereocenters. The molecule has 1 N–H and O–H groups in total. The number of phenols is 1. The van der Waals surface area contributed by atoms with E-state index in [0.717, 1.165) is 0 Å². The average molecular weight is 274 g/mol. The van der Waals surface area contributed by atoms with Gasteiger partial charge in [0.15, 0.2) is 17.4 Å². The summed E-state index contributed by atoms with van der Waals surface area (Å²) in [7, 11) is 0. The summed E-state index contributed by atoms with van der Waals surface area (Å²) in [5, 5.41) is 8.72. The van der Waals surface area contributed by atoms with E-state index in [4.69, 9.17) is 5.11 Å². The predicted molar refractivity (Wildman–Crippen MR) is 40.7 cm³/mol. The molecule has 60 valence electrons. The smallest absolute Gasteiger partial charge is 0.204 e. The topological polar surface area (TPSA) is 20.2 Å². The van der Waals surface area contributed by atoms with E-state index in [2.05, 4.69) is 0 Å². The van der Waals surface area contributed by atoms with E-state index in [1.54, 1.807) is 0 Å². The van der Waals surface area contributed by atoms with Crippen molar-refractivity contribution in [1.82, 2.24) is 0 Å². The highest BCUT2D eigenvalue weighted by atomic mass is 127. The van der Waals surface area contributed by atoms with E-state index in [-0.39, 0.29) is 3.57 Å². The Morgan fingerprint density at radius 1 is 1.18 bits per heavy atom. The standard InChI is InChI=1S/C6H2F3IO/c7-2-1-3(10)6(11)5(9)4(2)8/h1,11H. The molecular weight excluding hydrogens is 272 g/mol. The molecule has 5 heteroatoms. The monoisotopic (exact) mass is 274 g/mol. The Hall–Kier alpha value is -0.460. The highest BCUT2D eigenvalue weighted by molar-refractivity contribution is 14.1. The first-order chi connectivity index (χ1) is 5.04. The van der Waals surface area contributed by atoms with E-state index < -0.39 is 23.2 Å². The van der Waals surface area contributed by atoms with Gasteiger partial charge < -0.3 is 5.11 Å². The molecule has 0 bridgehead atoms. The second-order valence-corrected chi connectivity index (χ2v) is 2.98. The predicted octanol–water partition coefficient (Wildman–Crippen LogP) is 2.41. The Kier molecular flexibility index (Phi) is 2.26. The molecule has 0 saturated heterocycles. The highest BCUT2D eigenvalue weighted by Gasteiger charge is 2.15. The van der Waals surface area contributed by atoms with Crippen LogP contribution in [-0.2, 0) is 0 Å². The summed E-state index contributed by atoms with van der Waals surface area (Å²) < 4.78 is 36.9. The molecule has 0 aliphatic carbocycles. The van der Waals surface area contributed by atoms with E-state index in [0.29, 0.717) is 6.07 Å². The lowest BCUT2D eigenvalue weighted by molar-refractivity contribution is 0.383. The lowest BCUT2D eigenvalue weighted by atomic mass is 10.3. The van der Waals surface area contributed by atoms with E-state index in [1.165, 1.54) is 22.6 Å². The third-order valence-electron chi connectivity index (χ3n) is 1.09. The SMILES string of the molecule is Oc1c(I)cc(F)c(F)c1F. The van der Waals surface area contributed by atoms with Crippen LogP contribution in [-0.4, -0.2) is 5.11 Å². The molecule has 0 fully saturated rings. The summed E-state index contributed by atoms with van der Waals surface area (Å²) in [5.74, 6) is -5.36. The summed E-state index contributed by atoms with van der Waals surface area (Å²) >= 11 is 1.50. The fourth-order valence-corrected chi connectivity index (χ4v) is 1.07. The molecule has 1 aromatic rings. The van der Waals surface area contributed by atoms with Gasteiger partial charge in [-0.25, -0.2) is 8.78 Å². The third kappa shape index (κ3) is 1.42. The molecule has 0 radical (unpaired) electrons. The fourth-order valence-electron chi connectivity index (χ4n) is 0.557. The number of aromatic hydroxyl groups is 1. The van der Waals surface area contributed by atoms with Crippen molar-refractivity contribution in [3.63, 3.8) is 0 Å². The second kappa shape index (κ2) is 2.88. The maximum atomic E-state index is 12.4. The van der Waals surface area contributed by atoms with Crippen molar-refractivity contribution < 1.29 is 18.3 Å². The average Bonchev–Trinajstić information content (AvgIpc) is 1.97. The minimum absolute atomic E-state index is 0.0565. The number of rotatable bonds is 0. The molecule has 11 heavy (non-hydrogen) atoms. The van der Waals surface area contributed by atoms with Crippen LogP contribution in [0.25, 0.3) is 0 Å². The van der Waals surface area contributed by atoms with Gasteiger partial charge in [-0.1, -0.05) is 0 Å². The minimum Gasteiger partial charge on any atom is -0.504 e. The van der Waals surface area contributed by atoms with E-state index in [1.807, 2.05) is 0 Å². The summed E-state index contributed by atoms with van der Waals surface area (Å²) in [6.45, 7) is 0. The summed E-state index contributed by atoms with van der Waals surface area (Å²) in [5.41, 5.74) is 0. The first kappa shape index (κ1) is 8.63. The molecule has 1 aromatic carbocycles. The van der Waals surface area contributed by atoms with Gasteiger partial charge in [0, 0.05) is 0 Å². The van der Waals surface area contributed by atoms with Crippen molar-refractivity contribution in [2.45, 2.75) is 0 Å². The Morgan fingerprint density at radius 2 is 1.73 bits per heavy atom. The summed E-state index contributed by atoms with van der Waals surface area (Å²) in [6.07, 6.45) is 0. The van der Waals surface area contributed by atoms with Gasteiger partial charge in [-0.15, -0.1) is 0 Å². The van der Waals surface area contributed by atoms with Crippen LogP contribution in [0, 0.1) is 21.0 Å². The van der Waals surface area contributed by atoms with Gasteiger partial charge in [-0.05, 0) is 28.7 Å². The lowest BCUT2D eigenvalue weighted by Gasteiger charge is -1.99. The first-order valence-electron chi connectivity index (χ1n) is 2.56. The zero-order valence-electron chi connectivity index (χ0n) is 5.04. The maximum Gasteiger partial charge on any atom is 0.204 e. The number of benzene rings is 1. The van der Waals surface area contributed by atoms with Crippen LogP contribution in [0.1, 0.15) is 0 Å². The van der Waals surface area contributed by atoms with Crippen molar-refractivity contribution >= 4 is 22.6 Å². The largest absolute Gasteiger partial charge is 0.504 e. The molecule has 1 nitrogen and oxygen atoms in total. The van der Waals surface area contributed by atoms with E-state index in [9.17, 15) is 13.2 Å². The Balaban J connectivity index is 3.46. The van der Waals surface area contributed by atoms with Gasteiger partial charge in [-0.3, -0.25) is 0 Å². The molecule has 0 aliphatic heterocycles. The van der Waals surface area contributed by atoms with Crippen molar-refractivity contribution in [2.75, 3.05) is 0 Å². The number of halogens is 4. The number of phenolic OH excluding ortho intramolecular Hbond substituents is 1. The van der Waals surface area contributed by atoms with Crippen LogP contribution in [0.3, 0.4) is 0 Å². The van der Waals surface area contributed by atoms with Crippen LogP contribution in [0.5, 0.6) is 5.75 Å². The van der Waals surface area contributed by atoms with Crippen LogP contribution in [0.15, 0.2) is 6.07 Å². The molecule has 0 atom stereocenters. The molecule has 0 heterocycles. The van der Waals surface area contributed by atoms with E-state index >= 15 is 0 Å². The van der Waals surface area contributed by atoms with Gasteiger partial charge in [0.2, 0.25) is 5.82 Å².